The zero-order valence-electron chi connectivity index (χ0n) is 9.97. The number of halogens is 1. The van der Waals surface area contributed by atoms with E-state index in [2.05, 4.69) is 50.7 Å². The van der Waals surface area contributed by atoms with E-state index in [-0.39, 0.29) is 0 Å². The van der Waals surface area contributed by atoms with Crippen LogP contribution in [0.5, 0.6) is 0 Å². The molecule has 0 aliphatic heterocycles. The largest absolute Gasteiger partial charge is 0.360 e. The molecule has 1 fully saturated rings. The average molecular weight is 307 g/mol. The molecular formula is C14H15BrN2O. The summed E-state index contributed by atoms with van der Waals surface area (Å²) in [6, 6.07) is 11.0. The van der Waals surface area contributed by atoms with Gasteiger partial charge < -0.3 is 9.84 Å². The quantitative estimate of drug-likeness (QED) is 0.940. The van der Waals surface area contributed by atoms with Crippen molar-refractivity contribution in [3.05, 3.63) is 52.3 Å². The van der Waals surface area contributed by atoms with Crippen LogP contribution in [0.25, 0.3) is 0 Å². The van der Waals surface area contributed by atoms with Crippen LogP contribution in [0.3, 0.4) is 0 Å². The smallest absolute Gasteiger partial charge is 0.150 e. The van der Waals surface area contributed by atoms with Crippen molar-refractivity contribution in [2.24, 2.45) is 0 Å². The zero-order valence-corrected chi connectivity index (χ0v) is 11.6. The number of hydrogen-bond donors (Lipinski definition) is 1. The van der Waals surface area contributed by atoms with Crippen LogP contribution >= 0.6 is 15.9 Å². The minimum absolute atomic E-state index is 0.590. The van der Waals surface area contributed by atoms with E-state index < -0.39 is 0 Å². The summed E-state index contributed by atoms with van der Waals surface area (Å²) in [6.45, 7) is 0.771. The lowest BCUT2D eigenvalue weighted by Gasteiger charge is -2.36. The van der Waals surface area contributed by atoms with Crippen LogP contribution in [-0.2, 0) is 6.54 Å². The Bertz CT molecular complexity index is 506. The molecule has 3 rings (SSSR count). The fourth-order valence-electron chi connectivity index (χ4n) is 2.42. The molecule has 1 aliphatic carbocycles. The number of rotatable bonds is 4. The van der Waals surface area contributed by atoms with Crippen molar-refractivity contribution in [1.82, 2.24) is 10.5 Å². The van der Waals surface area contributed by atoms with Gasteiger partial charge in [0, 0.05) is 16.6 Å². The maximum Gasteiger partial charge on any atom is 0.150 e. The van der Waals surface area contributed by atoms with E-state index in [1.165, 1.54) is 22.9 Å². The van der Waals surface area contributed by atoms with E-state index in [1.807, 2.05) is 6.07 Å². The summed E-state index contributed by atoms with van der Waals surface area (Å²) < 4.78 is 6.29. The molecule has 0 bridgehead atoms. The van der Waals surface area contributed by atoms with Crippen molar-refractivity contribution in [1.29, 1.82) is 0 Å². The molecule has 3 nitrogen and oxygen atoms in total. The third-order valence-corrected chi connectivity index (χ3v) is 4.26. The highest BCUT2D eigenvalue weighted by Gasteiger charge is 2.30. The van der Waals surface area contributed by atoms with E-state index >= 15 is 0 Å². The van der Waals surface area contributed by atoms with E-state index in [9.17, 15) is 0 Å². The van der Waals surface area contributed by atoms with Crippen LogP contribution in [-0.4, -0.2) is 11.2 Å². The number of benzene rings is 1. The zero-order chi connectivity index (χ0) is 12.4. The van der Waals surface area contributed by atoms with Gasteiger partial charge in [0.25, 0.3) is 0 Å². The Balaban J connectivity index is 1.50. The Morgan fingerprint density at radius 1 is 1.28 bits per heavy atom. The Kier molecular flexibility index (Phi) is 3.48. The van der Waals surface area contributed by atoms with Crippen LogP contribution in [0.15, 0.2) is 45.5 Å². The molecule has 4 heteroatoms. The first kappa shape index (κ1) is 11.9. The van der Waals surface area contributed by atoms with Gasteiger partial charge in [0.1, 0.15) is 5.76 Å². The van der Waals surface area contributed by atoms with E-state index in [1.54, 1.807) is 6.20 Å². The van der Waals surface area contributed by atoms with Gasteiger partial charge >= 0.3 is 0 Å². The highest BCUT2D eigenvalue weighted by Crippen LogP contribution is 2.39. The Hall–Kier alpha value is -1.13. The molecule has 2 aromatic rings. The van der Waals surface area contributed by atoms with E-state index in [4.69, 9.17) is 4.52 Å². The second-order valence-corrected chi connectivity index (χ2v) is 5.60. The molecule has 1 aromatic carbocycles. The molecule has 1 saturated carbocycles. The fourth-order valence-corrected chi connectivity index (χ4v) is 3.03. The molecule has 0 radical (unpaired) electrons. The van der Waals surface area contributed by atoms with Crippen molar-refractivity contribution in [3.8, 4) is 0 Å². The molecule has 1 heterocycles. The Morgan fingerprint density at radius 2 is 2.11 bits per heavy atom. The third kappa shape index (κ3) is 2.49. The highest BCUT2D eigenvalue weighted by molar-refractivity contribution is 9.10. The summed E-state index contributed by atoms with van der Waals surface area (Å²) >= 11 is 3.62. The lowest BCUT2D eigenvalue weighted by atomic mass is 9.76. The van der Waals surface area contributed by atoms with Crippen molar-refractivity contribution >= 4 is 15.9 Å². The van der Waals surface area contributed by atoms with Gasteiger partial charge in [-0.25, -0.2) is 0 Å². The van der Waals surface area contributed by atoms with Crippen molar-refractivity contribution in [2.75, 3.05) is 0 Å². The van der Waals surface area contributed by atoms with Gasteiger partial charge in [0.15, 0.2) is 0 Å². The molecule has 0 amide bonds. The lowest BCUT2D eigenvalue weighted by Crippen LogP contribution is -2.39. The summed E-state index contributed by atoms with van der Waals surface area (Å²) in [7, 11) is 0. The van der Waals surface area contributed by atoms with Gasteiger partial charge in [-0.2, -0.15) is 0 Å². The SMILES string of the molecule is Brc1ccccc1C1CC(NCc2ccno2)C1. The molecule has 18 heavy (non-hydrogen) atoms. The number of hydrogen-bond acceptors (Lipinski definition) is 3. The first-order chi connectivity index (χ1) is 8.83. The minimum Gasteiger partial charge on any atom is -0.360 e. The van der Waals surface area contributed by atoms with Crippen LogP contribution in [0.1, 0.15) is 30.1 Å². The summed E-state index contributed by atoms with van der Waals surface area (Å²) in [5.74, 6) is 1.58. The molecule has 0 saturated heterocycles. The predicted molar refractivity (Wildman–Crippen MR) is 73.2 cm³/mol. The average Bonchev–Trinajstić information content (AvgIpc) is 2.82. The van der Waals surface area contributed by atoms with Gasteiger partial charge in [0.2, 0.25) is 0 Å². The molecule has 0 unspecified atom stereocenters. The predicted octanol–water partition coefficient (Wildman–Crippen LogP) is 3.47. The highest BCUT2D eigenvalue weighted by atomic mass is 79.9. The van der Waals surface area contributed by atoms with Crippen molar-refractivity contribution in [2.45, 2.75) is 31.3 Å². The first-order valence-corrected chi connectivity index (χ1v) is 6.99. The first-order valence-electron chi connectivity index (χ1n) is 6.20. The van der Waals surface area contributed by atoms with Crippen LogP contribution in [0, 0.1) is 0 Å². The molecule has 1 aromatic heterocycles. The van der Waals surface area contributed by atoms with Gasteiger partial charge in [-0.1, -0.05) is 39.3 Å². The molecule has 0 spiro atoms. The van der Waals surface area contributed by atoms with E-state index in [0.29, 0.717) is 12.0 Å². The molecule has 94 valence electrons. The van der Waals surface area contributed by atoms with Gasteiger partial charge in [-0.05, 0) is 30.4 Å². The Morgan fingerprint density at radius 3 is 2.83 bits per heavy atom. The second kappa shape index (κ2) is 5.24. The molecule has 1 aliphatic rings. The van der Waals surface area contributed by atoms with Crippen molar-refractivity contribution in [3.63, 3.8) is 0 Å². The number of nitrogens with one attached hydrogen (secondary N) is 1. The normalized spacial score (nSPS) is 22.7. The molecule has 0 atom stereocenters. The van der Waals surface area contributed by atoms with Crippen LogP contribution in [0.2, 0.25) is 0 Å². The second-order valence-electron chi connectivity index (χ2n) is 4.75. The maximum absolute atomic E-state index is 5.06. The van der Waals surface area contributed by atoms with Crippen LogP contribution in [0.4, 0.5) is 0 Å². The lowest BCUT2D eigenvalue weighted by molar-refractivity contribution is 0.273. The van der Waals surface area contributed by atoms with Gasteiger partial charge in [-0.3, -0.25) is 0 Å². The minimum atomic E-state index is 0.590. The summed E-state index contributed by atoms with van der Waals surface area (Å²) in [5, 5.41) is 7.19. The summed E-state index contributed by atoms with van der Waals surface area (Å²) in [5.41, 5.74) is 1.43. The molecule has 1 N–H and O–H groups in total. The fraction of sp³-hybridized carbons (Fsp3) is 0.357. The van der Waals surface area contributed by atoms with Gasteiger partial charge in [0.05, 0.1) is 12.7 Å². The monoisotopic (exact) mass is 306 g/mol. The standard InChI is InChI=1S/C14H15BrN2O/c15-14-4-2-1-3-13(14)10-7-11(8-10)16-9-12-5-6-17-18-12/h1-6,10-11,16H,7-9H2. The number of aromatic nitrogens is 1. The summed E-state index contributed by atoms with van der Waals surface area (Å²) in [4.78, 5) is 0. The number of nitrogens with zero attached hydrogens (tertiary/aromatic N) is 1. The molecular weight excluding hydrogens is 292 g/mol. The summed E-state index contributed by atoms with van der Waals surface area (Å²) in [6.07, 6.45) is 4.06. The maximum atomic E-state index is 5.06. The Labute approximate surface area is 115 Å². The van der Waals surface area contributed by atoms with E-state index in [0.717, 1.165) is 12.3 Å². The van der Waals surface area contributed by atoms with Crippen molar-refractivity contribution < 1.29 is 4.52 Å². The third-order valence-electron chi connectivity index (χ3n) is 3.54. The van der Waals surface area contributed by atoms with Gasteiger partial charge in [-0.15, -0.1) is 0 Å². The topological polar surface area (TPSA) is 38.1 Å². The van der Waals surface area contributed by atoms with Crippen LogP contribution < -0.4 is 5.32 Å².